The molecule has 0 saturated carbocycles. The number of aromatic nitrogens is 2. The molecule has 0 N–H and O–H groups in total. The third-order valence-electron chi connectivity index (χ3n) is 2.87. The molecule has 1 heterocycles. The lowest BCUT2D eigenvalue weighted by molar-refractivity contribution is -0.142. The molecule has 0 aliphatic rings. The Hall–Kier alpha value is -2.16. The molecule has 0 unspecified atom stereocenters. The van der Waals surface area contributed by atoms with Crippen LogP contribution < -0.4 is 4.90 Å². The molecule has 0 bridgehead atoms. The first kappa shape index (κ1) is 14.9. The number of carbonyl (C=O) groups excluding carboxylic acids is 1. The van der Waals surface area contributed by atoms with Crippen molar-refractivity contribution in [2.75, 3.05) is 25.1 Å². The van der Waals surface area contributed by atoms with Crippen molar-refractivity contribution in [1.82, 2.24) is 10.2 Å². The average molecular weight is 262 g/mol. The van der Waals surface area contributed by atoms with Gasteiger partial charge in [0.2, 0.25) is 0 Å². The Kier molecular flexibility index (Phi) is 5.24. The zero-order valence-corrected chi connectivity index (χ0v) is 11.7. The molecule has 0 aromatic carbocycles. The summed E-state index contributed by atoms with van der Waals surface area (Å²) < 4.78 is 4.86. The first-order valence-electron chi connectivity index (χ1n) is 6.12. The molecule has 0 aliphatic heterocycles. The zero-order valence-electron chi connectivity index (χ0n) is 11.7. The largest absolute Gasteiger partial charge is 0.466 e. The highest BCUT2D eigenvalue weighted by Gasteiger charge is 2.15. The van der Waals surface area contributed by atoms with E-state index in [1.807, 2.05) is 13.8 Å². The van der Waals surface area contributed by atoms with Crippen LogP contribution in [0.3, 0.4) is 0 Å². The number of esters is 1. The number of rotatable bonds is 5. The Bertz CT molecular complexity index is 508. The van der Waals surface area contributed by atoms with Crippen LogP contribution in [-0.4, -0.2) is 36.4 Å². The number of aryl methyl sites for hydroxylation is 1. The molecule has 1 aromatic heterocycles. The normalized spacial score (nSPS) is 9.84. The van der Waals surface area contributed by atoms with E-state index < -0.39 is 0 Å². The van der Waals surface area contributed by atoms with Gasteiger partial charge in [0.15, 0.2) is 5.82 Å². The van der Waals surface area contributed by atoms with Gasteiger partial charge < -0.3 is 9.64 Å². The third kappa shape index (κ3) is 3.65. The Morgan fingerprint density at radius 3 is 2.68 bits per heavy atom. The molecule has 6 heteroatoms. The van der Waals surface area contributed by atoms with Gasteiger partial charge in [-0.3, -0.25) is 4.79 Å². The number of hydrogen-bond acceptors (Lipinski definition) is 6. The van der Waals surface area contributed by atoms with Crippen molar-refractivity contribution < 1.29 is 9.53 Å². The van der Waals surface area contributed by atoms with Gasteiger partial charge in [0, 0.05) is 13.6 Å². The number of anilines is 1. The zero-order chi connectivity index (χ0) is 14.4. The topological polar surface area (TPSA) is 79.1 Å². The van der Waals surface area contributed by atoms with Crippen LogP contribution in [0.2, 0.25) is 0 Å². The van der Waals surface area contributed by atoms with E-state index in [1.54, 1.807) is 18.9 Å². The van der Waals surface area contributed by atoms with E-state index in [0.29, 0.717) is 24.5 Å². The number of carbonyl (C=O) groups is 1. The second kappa shape index (κ2) is 6.69. The minimum Gasteiger partial charge on any atom is -0.466 e. The SMILES string of the molecule is CCOC(=O)CCN(C)c1nnc(C)c(C)c1C#N. The van der Waals surface area contributed by atoms with Crippen LogP contribution in [0.15, 0.2) is 0 Å². The summed E-state index contributed by atoms with van der Waals surface area (Å²) in [4.78, 5) is 13.0. The van der Waals surface area contributed by atoms with Crippen molar-refractivity contribution in [1.29, 1.82) is 5.26 Å². The van der Waals surface area contributed by atoms with Crippen molar-refractivity contribution in [2.45, 2.75) is 27.2 Å². The van der Waals surface area contributed by atoms with Gasteiger partial charge in [-0.2, -0.15) is 10.4 Å². The number of ether oxygens (including phenoxy) is 1. The van der Waals surface area contributed by atoms with Crippen LogP contribution in [0, 0.1) is 25.2 Å². The van der Waals surface area contributed by atoms with Crippen LogP contribution in [-0.2, 0) is 9.53 Å². The summed E-state index contributed by atoms with van der Waals surface area (Å²) in [6.07, 6.45) is 0.254. The van der Waals surface area contributed by atoms with Gasteiger partial charge in [-0.15, -0.1) is 5.10 Å². The second-order valence-corrected chi connectivity index (χ2v) is 4.20. The molecular weight excluding hydrogens is 244 g/mol. The molecule has 0 atom stereocenters. The molecule has 1 aromatic rings. The van der Waals surface area contributed by atoms with Crippen molar-refractivity contribution in [3.8, 4) is 6.07 Å². The number of nitriles is 1. The van der Waals surface area contributed by atoms with Gasteiger partial charge in [-0.1, -0.05) is 0 Å². The summed E-state index contributed by atoms with van der Waals surface area (Å²) in [5.74, 6) is 0.236. The molecule has 0 saturated heterocycles. The maximum Gasteiger partial charge on any atom is 0.307 e. The summed E-state index contributed by atoms with van der Waals surface area (Å²) in [5.41, 5.74) is 2.05. The summed E-state index contributed by atoms with van der Waals surface area (Å²) in [7, 11) is 1.78. The standard InChI is InChI=1S/C13H18N4O2/c1-5-19-12(18)6-7-17(4)13-11(8-14)9(2)10(3)15-16-13/h5-7H2,1-4H3. The molecule has 0 fully saturated rings. The van der Waals surface area contributed by atoms with Crippen LogP contribution in [0.4, 0.5) is 5.82 Å². The molecular formula is C13H18N4O2. The van der Waals surface area contributed by atoms with Crippen LogP contribution >= 0.6 is 0 Å². The highest BCUT2D eigenvalue weighted by atomic mass is 16.5. The van der Waals surface area contributed by atoms with Gasteiger partial charge in [0.25, 0.3) is 0 Å². The summed E-state index contributed by atoms with van der Waals surface area (Å²) >= 11 is 0. The quantitative estimate of drug-likeness (QED) is 0.745. The van der Waals surface area contributed by atoms with E-state index in [-0.39, 0.29) is 12.4 Å². The summed E-state index contributed by atoms with van der Waals surface area (Å²) in [5, 5.41) is 17.2. The fourth-order valence-electron chi connectivity index (χ4n) is 1.60. The summed E-state index contributed by atoms with van der Waals surface area (Å²) in [6, 6.07) is 2.14. The van der Waals surface area contributed by atoms with Crippen LogP contribution in [0.25, 0.3) is 0 Å². The lowest BCUT2D eigenvalue weighted by Gasteiger charge is -2.19. The first-order chi connectivity index (χ1) is 9.01. The van der Waals surface area contributed by atoms with Gasteiger partial charge in [0.05, 0.1) is 18.7 Å². The van der Waals surface area contributed by atoms with Crippen LogP contribution in [0.1, 0.15) is 30.2 Å². The smallest absolute Gasteiger partial charge is 0.307 e. The van der Waals surface area contributed by atoms with E-state index in [4.69, 9.17) is 4.74 Å². The molecule has 19 heavy (non-hydrogen) atoms. The van der Waals surface area contributed by atoms with Crippen molar-refractivity contribution in [3.63, 3.8) is 0 Å². The molecule has 0 spiro atoms. The molecule has 0 amide bonds. The lowest BCUT2D eigenvalue weighted by atomic mass is 10.1. The predicted octanol–water partition coefficient (Wildman–Crippen LogP) is 1.35. The summed E-state index contributed by atoms with van der Waals surface area (Å²) in [6.45, 7) is 6.22. The van der Waals surface area contributed by atoms with E-state index in [2.05, 4.69) is 16.3 Å². The van der Waals surface area contributed by atoms with Crippen molar-refractivity contribution >= 4 is 11.8 Å². The molecule has 1 rings (SSSR count). The predicted molar refractivity (Wildman–Crippen MR) is 70.7 cm³/mol. The fraction of sp³-hybridized carbons (Fsp3) is 0.538. The Morgan fingerprint density at radius 1 is 1.42 bits per heavy atom. The molecule has 0 radical (unpaired) electrons. The van der Waals surface area contributed by atoms with Gasteiger partial charge in [-0.05, 0) is 26.3 Å². The second-order valence-electron chi connectivity index (χ2n) is 4.20. The highest BCUT2D eigenvalue weighted by Crippen LogP contribution is 2.20. The number of hydrogen-bond donors (Lipinski definition) is 0. The first-order valence-corrected chi connectivity index (χ1v) is 6.12. The molecule has 6 nitrogen and oxygen atoms in total. The Balaban J connectivity index is 2.83. The minimum atomic E-state index is -0.260. The van der Waals surface area contributed by atoms with Gasteiger partial charge in [-0.25, -0.2) is 0 Å². The number of nitrogens with zero attached hydrogens (tertiary/aromatic N) is 4. The maximum atomic E-state index is 11.3. The third-order valence-corrected chi connectivity index (χ3v) is 2.87. The molecule has 102 valence electrons. The monoisotopic (exact) mass is 262 g/mol. The fourth-order valence-corrected chi connectivity index (χ4v) is 1.60. The van der Waals surface area contributed by atoms with Gasteiger partial charge in [0.1, 0.15) is 11.6 Å². The van der Waals surface area contributed by atoms with Gasteiger partial charge >= 0.3 is 5.97 Å². The molecule has 0 aliphatic carbocycles. The van der Waals surface area contributed by atoms with E-state index in [9.17, 15) is 10.1 Å². The Morgan fingerprint density at radius 2 is 2.11 bits per heavy atom. The Labute approximate surface area is 113 Å². The maximum absolute atomic E-state index is 11.3. The van der Waals surface area contributed by atoms with Crippen molar-refractivity contribution in [3.05, 3.63) is 16.8 Å². The average Bonchev–Trinajstić information content (AvgIpc) is 2.39. The van der Waals surface area contributed by atoms with Crippen molar-refractivity contribution in [2.24, 2.45) is 0 Å². The van der Waals surface area contributed by atoms with E-state index in [0.717, 1.165) is 11.3 Å². The van der Waals surface area contributed by atoms with E-state index in [1.165, 1.54) is 0 Å². The minimum absolute atomic E-state index is 0.254. The van der Waals surface area contributed by atoms with Crippen LogP contribution in [0.5, 0.6) is 0 Å². The van der Waals surface area contributed by atoms with E-state index >= 15 is 0 Å². The highest BCUT2D eigenvalue weighted by molar-refractivity contribution is 5.70. The lowest BCUT2D eigenvalue weighted by Crippen LogP contribution is -2.24.